The number of rotatable bonds is 13. The van der Waals surface area contributed by atoms with Gasteiger partial charge in [-0.25, -0.2) is 9.97 Å². The number of carbonyl (C=O) groups excluding carboxylic acids is 3. The molecule has 0 radical (unpaired) electrons. The average molecular weight is 631 g/mol. The first-order valence-corrected chi connectivity index (χ1v) is 16.1. The third-order valence-electron chi connectivity index (χ3n) is 8.42. The zero-order valence-corrected chi connectivity index (χ0v) is 27.3. The van der Waals surface area contributed by atoms with Gasteiger partial charge in [0.15, 0.2) is 6.29 Å². The van der Waals surface area contributed by atoms with Crippen molar-refractivity contribution in [3.63, 3.8) is 0 Å². The molecule has 9 nitrogen and oxygen atoms in total. The molecule has 2 amide bonds. The molecule has 0 saturated carbocycles. The monoisotopic (exact) mass is 630 g/mol. The van der Waals surface area contributed by atoms with Crippen LogP contribution in [0.3, 0.4) is 0 Å². The number of aldehydes is 1. The van der Waals surface area contributed by atoms with Crippen LogP contribution in [0.25, 0.3) is 33.6 Å². The van der Waals surface area contributed by atoms with Crippen molar-refractivity contribution in [2.24, 2.45) is 0 Å². The molecule has 9 heteroatoms. The molecule has 0 aliphatic carbocycles. The lowest BCUT2D eigenvalue weighted by Crippen LogP contribution is -2.31. The molecule has 2 aromatic heterocycles. The smallest absolute Gasteiger partial charge is 0.227 e. The molecular weight excluding hydrogens is 588 g/mol. The van der Waals surface area contributed by atoms with Crippen molar-refractivity contribution in [3.05, 3.63) is 109 Å². The molecule has 2 aromatic carbocycles. The van der Waals surface area contributed by atoms with Gasteiger partial charge in [0.2, 0.25) is 11.8 Å². The summed E-state index contributed by atoms with van der Waals surface area (Å²) < 4.78 is 0. The minimum atomic E-state index is -0.0700. The van der Waals surface area contributed by atoms with Gasteiger partial charge in [-0.3, -0.25) is 14.4 Å². The Kier molecular flexibility index (Phi) is 10.8. The van der Waals surface area contributed by atoms with Crippen LogP contribution in [-0.2, 0) is 16.1 Å². The first kappa shape index (κ1) is 33.1. The van der Waals surface area contributed by atoms with E-state index in [4.69, 9.17) is 0 Å². The predicted octanol–water partition coefficient (Wildman–Crippen LogP) is 7.45. The first-order chi connectivity index (χ1) is 22.8. The Hall–Kier alpha value is -5.31. The molecule has 2 N–H and O–H groups in total. The maximum Gasteiger partial charge on any atom is 0.227 e. The van der Waals surface area contributed by atoms with E-state index in [1.165, 1.54) is 6.92 Å². The molecule has 3 heterocycles. The Morgan fingerprint density at radius 2 is 1.72 bits per heavy atom. The number of hydrogen-bond acceptors (Lipinski definition) is 5. The highest BCUT2D eigenvalue weighted by Crippen LogP contribution is 2.33. The van der Waals surface area contributed by atoms with Gasteiger partial charge >= 0.3 is 0 Å². The number of likely N-dealkylation sites (tertiary alicyclic amines) is 1. The van der Waals surface area contributed by atoms with Crippen LogP contribution in [0, 0.1) is 0 Å². The predicted molar refractivity (Wildman–Crippen MR) is 185 cm³/mol. The van der Waals surface area contributed by atoms with E-state index in [1.54, 1.807) is 11.0 Å². The van der Waals surface area contributed by atoms with Crippen LogP contribution in [0.2, 0.25) is 0 Å². The lowest BCUT2D eigenvalue weighted by atomic mass is 10.0. The third kappa shape index (κ3) is 7.74. The zero-order chi connectivity index (χ0) is 33.3. The van der Waals surface area contributed by atoms with Crippen LogP contribution in [0.15, 0.2) is 91.2 Å². The molecule has 242 valence electrons. The first-order valence-electron chi connectivity index (χ1n) is 16.1. The summed E-state index contributed by atoms with van der Waals surface area (Å²) in [7, 11) is 0. The van der Waals surface area contributed by atoms with E-state index in [2.05, 4.69) is 50.8 Å². The molecule has 1 aliphatic heterocycles. The zero-order valence-electron chi connectivity index (χ0n) is 27.3. The van der Waals surface area contributed by atoms with Gasteiger partial charge in [0.1, 0.15) is 17.3 Å². The Labute approximate surface area is 276 Å². The van der Waals surface area contributed by atoms with Gasteiger partial charge in [-0.2, -0.15) is 0 Å². The third-order valence-corrected chi connectivity index (χ3v) is 8.42. The lowest BCUT2D eigenvalue weighted by Gasteiger charge is -2.23. The summed E-state index contributed by atoms with van der Waals surface area (Å²) in [6.45, 7) is 10.9. The van der Waals surface area contributed by atoms with Crippen molar-refractivity contribution in [1.29, 1.82) is 0 Å². The number of amides is 2. The average Bonchev–Trinajstić information content (AvgIpc) is 3.85. The number of aromatic amines is 2. The molecule has 0 spiro atoms. The molecule has 1 unspecified atom stereocenters. The van der Waals surface area contributed by atoms with Crippen LogP contribution in [0.4, 0.5) is 0 Å². The summed E-state index contributed by atoms with van der Waals surface area (Å²) in [5.74, 6) is 1.45. The Bertz CT molecular complexity index is 1780. The van der Waals surface area contributed by atoms with Crippen molar-refractivity contribution >= 4 is 18.1 Å². The maximum absolute atomic E-state index is 13.2. The molecule has 1 aliphatic rings. The fourth-order valence-corrected chi connectivity index (χ4v) is 6.10. The van der Waals surface area contributed by atoms with Gasteiger partial charge in [0.05, 0.1) is 36.6 Å². The number of nitrogens with one attached hydrogen (secondary N) is 2. The molecule has 1 fully saturated rings. The molecule has 5 rings (SSSR count). The topological polar surface area (TPSA) is 115 Å². The second-order valence-electron chi connectivity index (χ2n) is 11.7. The summed E-state index contributed by atoms with van der Waals surface area (Å²) >= 11 is 0. The van der Waals surface area contributed by atoms with Crippen molar-refractivity contribution in [3.8, 4) is 33.6 Å². The lowest BCUT2D eigenvalue weighted by molar-refractivity contribution is -0.131. The van der Waals surface area contributed by atoms with Gasteiger partial charge in [-0.05, 0) is 48.4 Å². The van der Waals surface area contributed by atoms with E-state index in [0.29, 0.717) is 36.7 Å². The number of carbonyl (C=O) groups is 3. The number of imidazole rings is 2. The van der Waals surface area contributed by atoms with Crippen LogP contribution in [0.1, 0.15) is 74.6 Å². The molecule has 4 aromatic rings. The fourth-order valence-electron chi connectivity index (χ4n) is 6.10. The largest absolute Gasteiger partial charge is 0.340 e. The minimum Gasteiger partial charge on any atom is -0.340 e. The van der Waals surface area contributed by atoms with Crippen LogP contribution in [0.5, 0.6) is 0 Å². The van der Waals surface area contributed by atoms with E-state index < -0.39 is 0 Å². The molecule has 47 heavy (non-hydrogen) atoms. The highest BCUT2D eigenvalue weighted by Gasteiger charge is 2.32. The summed E-state index contributed by atoms with van der Waals surface area (Å²) in [6, 6.07) is 16.1. The van der Waals surface area contributed by atoms with Crippen LogP contribution < -0.4 is 0 Å². The summed E-state index contributed by atoms with van der Waals surface area (Å²) in [5, 5.41) is 0. The SMILES string of the molecule is C=C/C=C(\C=C/C)CC(=O)N1CCCC1c1ncc(-c2ccc(-c3ccc(-c4nc(CN(CCC)C(C)=O)[nH]c4C=O)cc3)cc2)[nH]1. The van der Waals surface area contributed by atoms with E-state index >= 15 is 0 Å². The second kappa shape index (κ2) is 15.3. The van der Waals surface area contributed by atoms with Gasteiger partial charge in [0.25, 0.3) is 0 Å². The Balaban J connectivity index is 1.27. The molecule has 0 bridgehead atoms. The van der Waals surface area contributed by atoms with Crippen molar-refractivity contribution < 1.29 is 14.4 Å². The van der Waals surface area contributed by atoms with Crippen molar-refractivity contribution in [2.75, 3.05) is 13.1 Å². The summed E-state index contributed by atoms with van der Waals surface area (Å²) in [6.07, 6.45) is 13.1. The molecular formula is C38H42N6O3. The summed E-state index contributed by atoms with van der Waals surface area (Å²) in [5.41, 5.74) is 6.71. The number of H-pyrrole nitrogens is 2. The standard InChI is InChI=1S/C38H42N6O3/c1-5-9-27(10-6-2)22-36(47)44-21-8-11-34(44)38-39-23-32(41-38)30-16-12-28(13-17-30)29-14-18-31(19-15-29)37-33(25-45)40-35(42-37)24-43(20-7-3)26(4)46/h5-6,9-10,12-19,23,25,34H,1,7-8,11,20-22,24H2,2-4H3,(H,39,41)(H,40,42)/b10-6-,27-9+. The van der Waals surface area contributed by atoms with E-state index in [9.17, 15) is 14.4 Å². The molecule has 1 saturated heterocycles. The Morgan fingerprint density at radius 3 is 2.34 bits per heavy atom. The fraction of sp³-hybridized carbons (Fsp3) is 0.289. The van der Waals surface area contributed by atoms with Crippen LogP contribution in [-0.4, -0.2) is 60.9 Å². The van der Waals surface area contributed by atoms with E-state index in [1.807, 2.05) is 67.4 Å². The van der Waals surface area contributed by atoms with E-state index in [-0.39, 0.29) is 17.9 Å². The number of allylic oxidation sites excluding steroid dienone is 4. The highest BCUT2D eigenvalue weighted by atomic mass is 16.2. The minimum absolute atomic E-state index is 0.0278. The van der Waals surface area contributed by atoms with Gasteiger partial charge in [-0.1, -0.05) is 86.3 Å². The van der Waals surface area contributed by atoms with Crippen molar-refractivity contribution in [2.45, 2.75) is 59.0 Å². The number of benzene rings is 2. The van der Waals surface area contributed by atoms with Crippen molar-refractivity contribution in [1.82, 2.24) is 29.7 Å². The molecule has 1 atom stereocenters. The number of hydrogen-bond donors (Lipinski definition) is 2. The number of aromatic nitrogens is 4. The van der Waals surface area contributed by atoms with E-state index in [0.717, 1.165) is 71.4 Å². The summed E-state index contributed by atoms with van der Waals surface area (Å²) in [4.78, 5) is 56.5. The number of nitrogens with zero attached hydrogens (tertiary/aromatic N) is 4. The van der Waals surface area contributed by atoms with Gasteiger partial charge < -0.3 is 19.8 Å². The Morgan fingerprint density at radius 1 is 1.04 bits per heavy atom. The normalized spacial score (nSPS) is 14.9. The van der Waals surface area contributed by atoms with Crippen LogP contribution >= 0.6 is 0 Å². The maximum atomic E-state index is 13.2. The van der Waals surface area contributed by atoms with Gasteiger partial charge in [0, 0.05) is 25.6 Å². The quantitative estimate of drug-likeness (QED) is 0.118. The highest BCUT2D eigenvalue weighted by molar-refractivity contribution is 5.84. The second-order valence-corrected chi connectivity index (χ2v) is 11.7. The van der Waals surface area contributed by atoms with Gasteiger partial charge in [-0.15, -0.1) is 0 Å².